The molecular formula is C12H15IO. The first kappa shape index (κ1) is 10.3. The van der Waals surface area contributed by atoms with E-state index in [9.17, 15) is 0 Å². The zero-order valence-corrected chi connectivity index (χ0v) is 10.5. The van der Waals surface area contributed by atoms with E-state index in [1.54, 1.807) is 0 Å². The van der Waals surface area contributed by atoms with E-state index in [4.69, 9.17) is 4.74 Å². The first-order valence-corrected chi connectivity index (χ1v) is 6.22. The molecule has 0 aliphatic heterocycles. The van der Waals surface area contributed by atoms with Gasteiger partial charge in [0, 0.05) is 3.57 Å². The Morgan fingerprint density at radius 3 is 2.86 bits per heavy atom. The summed E-state index contributed by atoms with van der Waals surface area (Å²) >= 11 is 2.31. The van der Waals surface area contributed by atoms with Gasteiger partial charge >= 0.3 is 0 Å². The van der Waals surface area contributed by atoms with Gasteiger partial charge in [-0.2, -0.15) is 0 Å². The third-order valence-electron chi connectivity index (χ3n) is 3.06. The lowest BCUT2D eigenvalue weighted by Gasteiger charge is -2.33. The summed E-state index contributed by atoms with van der Waals surface area (Å²) in [5.74, 6) is 2.65. The summed E-state index contributed by atoms with van der Waals surface area (Å²) in [6.45, 7) is 3.20. The molecule has 0 bridgehead atoms. The van der Waals surface area contributed by atoms with Gasteiger partial charge in [-0.15, -0.1) is 0 Å². The smallest absolute Gasteiger partial charge is 0.120 e. The number of rotatable bonds is 3. The Labute approximate surface area is 99.0 Å². The third kappa shape index (κ3) is 2.41. The Morgan fingerprint density at radius 1 is 1.43 bits per heavy atom. The number of hydrogen-bond acceptors (Lipinski definition) is 1. The first-order valence-electron chi connectivity index (χ1n) is 5.14. The number of ether oxygens (including phenoxy) is 1. The maximum absolute atomic E-state index is 5.76. The number of halogens is 1. The molecule has 1 nitrogen and oxygen atoms in total. The minimum atomic E-state index is 0.785. The molecule has 0 heterocycles. The molecule has 0 unspecified atom stereocenters. The fourth-order valence-electron chi connectivity index (χ4n) is 1.74. The topological polar surface area (TPSA) is 9.23 Å². The van der Waals surface area contributed by atoms with E-state index < -0.39 is 0 Å². The van der Waals surface area contributed by atoms with Crippen molar-refractivity contribution in [3.05, 3.63) is 27.8 Å². The highest BCUT2D eigenvalue weighted by Crippen LogP contribution is 2.33. The van der Waals surface area contributed by atoms with E-state index in [1.165, 1.54) is 16.4 Å². The molecule has 0 spiro atoms. The van der Waals surface area contributed by atoms with Crippen molar-refractivity contribution >= 4 is 22.6 Å². The maximum atomic E-state index is 5.76. The standard InChI is InChI=1S/C12H15IO/c1-9-5-6-10(9)8-14-12-4-2-3-11(13)7-12/h2-4,7,9-10H,5-6,8H2,1H3/t9-,10+/m1/s1. The molecule has 0 radical (unpaired) electrons. The van der Waals surface area contributed by atoms with Crippen LogP contribution < -0.4 is 4.74 Å². The predicted octanol–water partition coefficient (Wildman–Crippen LogP) is 3.72. The molecule has 0 N–H and O–H groups in total. The average molecular weight is 302 g/mol. The molecule has 1 aliphatic carbocycles. The molecule has 2 rings (SSSR count). The van der Waals surface area contributed by atoms with Crippen LogP contribution in [-0.2, 0) is 0 Å². The van der Waals surface area contributed by atoms with Crippen LogP contribution in [0.4, 0.5) is 0 Å². The Bertz CT molecular complexity index is 311. The molecule has 1 aromatic carbocycles. The van der Waals surface area contributed by atoms with Crippen molar-refractivity contribution in [2.24, 2.45) is 11.8 Å². The second-order valence-electron chi connectivity index (χ2n) is 4.08. The van der Waals surface area contributed by atoms with Crippen LogP contribution >= 0.6 is 22.6 Å². The molecule has 14 heavy (non-hydrogen) atoms. The summed E-state index contributed by atoms with van der Waals surface area (Å²) in [4.78, 5) is 0. The third-order valence-corrected chi connectivity index (χ3v) is 3.73. The van der Waals surface area contributed by atoms with E-state index in [0.717, 1.165) is 24.2 Å². The highest BCUT2D eigenvalue weighted by Gasteiger charge is 2.26. The normalized spacial score (nSPS) is 25.6. The van der Waals surface area contributed by atoms with Crippen molar-refractivity contribution in [3.63, 3.8) is 0 Å². The van der Waals surface area contributed by atoms with Crippen molar-refractivity contribution in [2.75, 3.05) is 6.61 Å². The van der Waals surface area contributed by atoms with E-state index >= 15 is 0 Å². The average Bonchev–Trinajstić information content (AvgIpc) is 2.16. The van der Waals surface area contributed by atoms with Crippen molar-refractivity contribution in [3.8, 4) is 5.75 Å². The van der Waals surface area contributed by atoms with Crippen LogP contribution in [0.1, 0.15) is 19.8 Å². The van der Waals surface area contributed by atoms with Crippen molar-refractivity contribution in [1.29, 1.82) is 0 Å². The van der Waals surface area contributed by atoms with Gasteiger partial charge in [-0.1, -0.05) is 13.0 Å². The van der Waals surface area contributed by atoms with Crippen LogP contribution in [0, 0.1) is 15.4 Å². The summed E-state index contributed by atoms with van der Waals surface area (Å²) in [5.41, 5.74) is 0. The lowest BCUT2D eigenvalue weighted by Crippen LogP contribution is -2.28. The summed E-state index contributed by atoms with van der Waals surface area (Å²) in [7, 11) is 0. The molecule has 0 saturated heterocycles. The quantitative estimate of drug-likeness (QED) is 0.773. The van der Waals surface area contributed by atoms with Gasteiger partial charge in [0.15, 0.2) is 0 Å². The Kier molecular flexibility index (Phi) is 3.31. The predicted molar refractivity (Wildman–Crippen MR) is 66.5 cm³/mol. The van der Waals surface area contributed by atoms with Crippen LogP contribution in [0.2, 0.25) is 0 Å². The lowest BCUT2D eigenvalue weighted by atomic mass is 9.75. The SMILES string of the molecule is C[C@@H]1CC[C@H]1COc1cccc(I)c1. The molecule has 1 aromatic rings. The second-order valence-corrected chi connectivity index (χ2v) is 5.33. The number of benzene rings is 1. The van der Waals surface area contributed by atoms with Crippen LogP contribution in [0.15, 0.2) is 24.3 Å². The van der Waals surface area contributed by atoms with Gasteiger partial charge in [0.25, 0.3) is 0 Å². The molecule has 76 valence electrons. The van der Waals surface area contributed by atoms with E-state index in [0.29, 0.717) is 0 Å². The van der Waals surface area contributed by atoms with Crippen LogP contribution in [0.25, 0.3) is 0 Å². The summed E-state index contributed by atoms with van der Waals surface area (Å²) in [6.07, 6.45) is 2.71. The van der Waals surface area contributed by atoms with Gasteiger partial charge in [0.1, 0.15) is 5.75 Å². The minimum Gasteiger partial charge on any atom is -0.493 e. The largest absolute Gasteiger partial charge is 0.493 e. The maximum Gasteiger partial charge on any atom is 0.120 e. The molecule has 1 fully saturated rings. The van der Waals surface area contributed by atoms with Crippen LogP contribution in [0.5, 0.6) is 5.75 Å². The Morgan fingerprint density at radius 2 is 2.29 bits per heavy atom. The fraction of sp³-hybridized carbons (Fsp3) is 0.500. The minimum absolute atomic E-state index is 0.785. The Hall–Kier alpha value is -0.250. The van der Waals surface area contributed by atoms with E-state index in [-0.39, 0.29) is 0 Å². The van der Waals surface area contributed by atoms with Gasteiger partial charge in [-0.05, 0) is 65.5 Å². The molecule has 2 atom stereocenters. The zero-order valence-electron chi connectivity index (χ0n) is 8.37. The first-order chi connectivity index (χ1) is 6.75. The molecule has 2 heteroatoms. The van der Waals surface area contributed by atoms with Crippen molar-refractivity contribution in [2.45, 2.75) is 19.8 Å². The molecule has 0 aromatic heterocycles. The lowest BCUT2D eigenvalue weighted by molar-refractivity contribution is 0.116. The van der Waals surface area contributed by atoms with Gasteiger partial charge in [-0.25, -0.2) is 0 Å². The zero-order chi connectivity index (χ0) is 9.97. The highest BCUT2D eigenvalue weighted by atomic mass is 127. The number of hydrogen-bond donors (Lipinski definition) is 0. The van der Waals surface area contributed by atoms with Crippen LogP contribution in [-0.4, -0.2) is 6.61 Å². The second kappa shape index (κ2) is 4.51. The van der Waals surface area contributed by atoms with Gasteiger partial charge < -0.3 is 4.74 Å². The van der Waals surface area contributed by atoms with Crippen LogP contribution in [0.3, 0.4) is 0 Å². The van der Waals surface area contributed by atoms with E-state index in [2.05, 4.69) is 41.6 Å². The molecule has 1 aliphatic rings. The van der Waals surface area contributed by atoms with Gasteiger partial charge in [-0.3, -0.25) is 0 Å². The molecular weight excluding hydrogens is 287 g/mol. The summed E-state index contributed by atoms with van der Waals surface area (Å²) < 4.78 is 6.99. The van der Waals surface area contributed by atoms with Crippen molar-refractivity contribution in [1.82, 2.24) is 0 Å². The Balaban J connectivity index is 1.85. The van der Waals surface area contributed by atoms with Gasteiger partial charge in [0.2, 0.25) is 0 Å². The van der Waals surface area contributed by atoms with Crippen molar-refractivity contribution < 1.29 is 4.74 Å². The van der Waals surface area contributed by atoms with E-state index in [1.807, 2.05) is 12.1 Å². The summed E-state index contributed by atoms with van der Waals surface area (Å²) in [6, 6.07) is 8.25. The molecule has 1 saturated carbocycles. The van der Waals surface area contributed by atoms with Gasteiger partial charge in [0.05, 0.1) is 6.61 Å². The monoisotopic (exact) mass is 302 g/mol. The fourth-order valence-corrected chi connectivity index (χ4v) is 2.26. The highest BCUT2D eigenvalue weighted by molar-refractivity contribution is 14.1. The molecule has 0 amide bonds. The summed E-state index contributed by atoms with van der Waals surface area (Å²) in [5, 5.41) is 0.